The monoisotopic (exact) mass is 198 g/mol. The zero-order chi connectivity index (χ0) is 10.1. The minimum atomic E-state index is 0.846. The first-order valence-electron chi connectivity index (χ1n) is 5.07. The quantitative estimate of drug-likeness (QED) is 0.660. The van der Waals surface area contributed by atoms with E-state index in [1.807, 2.05) is 32.0 Å². The number of aryl methyl sites for hydroxylation is 1. The van der Waals surface area contributed by atoms with Crippen molar-refractivity contribution in [3.8, 4) is 0 Å². The first-order valence-corrected chi connectivity index (χ1v) is 5.45. The Labute approximate surface area is 86.9 Å². The molecule has 0 saturated heterocycles. The van der Waals surface area contributed by atoms with E-state index in [2.05, 4.69) is 13.0 Å². The third-order valence-electron chi connectivity index (χ3n) is 1.71. The van der Waals surface area contributed by atoms with Crippen molar-refractivity contribution in [3.63, 3.8) is 0 Å². The van der Waals surface area contributed by atoms with Gasteiger partial charge in [0.15, 0.2) is 0 Å². The molecule has 0 radical (unpaired) electrons. The van der Waals surface area contributed by atoms with Gasteiger partial charge in [-0.25, -0.2) is 0 Å². The van der Waals surface area contributed by atoms with Crippen LogP contribution < -0.4 is 0 Å². The lowest BCUT2D eigenvalue weighted by Gasteiger charge is -1.98. The maximum absolute atomic E-state index is 5.82. The van der Waals surface area contributed by atoms with Gasteiger partial charge in [0.2, 0.25) is 0 Å². The van der Waals surface area contributed by atoms with Crippen molar-refractivity contribution in [2.45, 2.75) is 40.0 Å². The molecule has 0 atom stereocenters. The van der Waals surface area contributed by atoms with Gasteiger partial charge in [-0.2, -0.15) is 0 Å². The van der Waals surface area contributed by atoms with Crippen molar-refractivity contribution in [1.29, 1.82) is 0 Å². The topological polar surface area (TPSA) is 0 Å². The van der Waals surface area contributed by atoms with Gasteiger partial charge in [-0.3, -0.25) is 0 Å². The first-order chi connectivity index (χ1) is 6.33. The molecule has 0 amide bonds. The van der Waals surface area contributed by atoms with Crippen molar-refractivity contribution >= 4 is 11.6 Å². The van der Waals surface area contributed by atoms with Gasteiger partial charge < -0.3 is 0 Å². The highest BCUT2D eigenvalue weighted by molar-refractivity contribution is 6.30. The molecular formula is C12H19Cl. The molecule has 1 aromatic carbocycles. The van der Waals surface area contributed by atoms with E-state index in [4.69, 9.17) is 11.6 Å². The molecule has 0 N–H and O–H groups in total. The van der Waals surface area contributed by atoms with Gasteiger partial charge >= 0.3 is 0 Å². The smallest absolute Gasteiger partial charge is 0.0408 e. The summed E-state index contributed by atoms with van der Waals surface area (Å²) >= 11 is 5.82. The molecule has 1 aromatic rings. The van der Waals surface area contributed by atoms with Gasteiger partial charge in [0, 0.05) is 5.02 Å². The average Bonchev–Trinajstić information content (AvgIpc) is 2.18. The van der Waals surface area contributed by atoms with E-state index in [0.29, 0.717) is 0 Å². The molecule has 0 saturated carbocycles. The Hall–Kier alpha value is -0.490. The Morgan fingerprint density at radius 1 is 1.23 bits per heavy atom. The van der Waals surface area contributed by atoms with Gasteiger partial charge in [-0.15, -0.1) is 0 Å². The summed E-state index contributed by atoms with van der Waals surface area (Å²) in [4.78, 5) is 0. The highest BCUT2D eigenvalue weighted by atomic mass is 35.5. The Kier molecular flexibility index (Phi) is 7.82. The molecule has 13 heavy (non-hydrogen) atoms. The van der Waals surface area contributed by atoms with Crippen molar-refractivity contribution in [2.75, 3.05) is 0 Å². The fourth-order valence-electron chi connectivity index (χ4n) is 1.07. The van der Waals surface area contributed by atoms with Crippen LogP contribution in [0.25, 0.3) is 0 Å². The highest BCUT2D eigenvalue weighted by Crippen LogP contribution is 2.12. The Morgan fingerprint density at radius 2 is 1.92 bits per heavy atom. The summed E-state index contributed by atoms with van der Waals surface area (Å²) in [7, 11) is 0. The summed E-state index contributed by atoms with van der Waals surface area (Å²) in [5.41, 5.74) is 1.35. The Bertz CT molecular complexity index is 218. The molecule has 1 heteroatoms. The molecule has 0 nitrogen and oxygen atoms in total. The summed E-state index contributed by atoms with van der Waals surface area (Å²) in [5.74, 6) is 0. The van der Waals surface area contributed by atoms with Gasteiger partial charge in [0.1, 0.15) is 0 Å². The minimum absolute atomic E-state index is 0.846. The van der Waals surface area contributed by atoms with Gasteiger partial charge in [0.05, 0.1) is 0 Å². The third-order valence-corrected chi connectivity index (χ3v) is 1.94. The van der Waals surface area contributed by atoms with Crippen LogP contribution in [0.4, 0.5) is 0 Å². The lowest BCUT2D eigenvalue weighted by Crippen LogP contribution is -1.82. The second-order valence-corrected chi connectivity index (χ2v) is 3.17. The van der Waals surface area contributed by atoms with Crippen molar-refractivity contribution in [3.05, 3.63) is 34.9 Å². The van der Waals surface area contributed by atoms with Crippen LogP contribution in [0.5, 0.6) is 0 Å². The molecule has 0 heterocycles. The third kappa shape index (κ3) is 5.70. The lowest BCUT2D eigenvalue weighted by atomic mass is 10.1. The van der Waals surface area contributed by atoms with E-state index < -0.39 is 0 Å². The molecule has 0 fully saturated rings. The standard InChI is InChI=1S/C10H13Cl.C2H6/c1-2-3-5-9-6-4-7-10(11)8-9;1-2/h4,6-8H,2-3,5H2,1H3;1-2H3. The molecule has 0 aliphatic heterocycles. The lowest BCUT2D eigenvalue weighted by molar-refractivity contribution is 0.795. The number of benzene rings is 1. The molecule has 0 aromatic heterocycles. The molecule has 0 aliphatic rings. The number of hydrogen-bond donors (Lipinski definition) is 0. The van der Waals surface area contributed by atoms with Crippen LogP contribution in [-0.4, -0.2) is 0 Å². The molecule has 0 spiro atoms. The van der Waals surface area contributed by atoms with E-state index in [-0.39, 0.29) is 0 Å². The normalized spacial score (nSPS) is 8.92. The molecule has 1 rings (SSSR count). The summed E-state index contributed by atoms with van der Waals surface area (Å²) in [5, 5.41) is 0.846. The number of unbranched alkanes of at least 4 members (excludes halogenated alkanes) is 1. The van der Waals surface area contributed by atoms with Crippen LogP contribution in [0, 0.1) is 0 Å². The fraction of sp³-hybridized carbons (Fsp3) is 0.500. The van der Waals surface area contributed by atoms with Crippen LogP contribution in [0.15, 0.2) is 24.3 Å². The zero-order valence-corrected chi connectivity index (χ0v) is 9.56. The molecule has 0 unspecified atom stereocenters. The highest BCUT2D eigenvalue weighted by Gasteiger charge is 1.92. The average molecular weight is 199 g/mol. The van der Waals surface area contributed by atoms with Crippen LogP contribution >= 0.6 is 11.6 Å². The summed E-state index contributed by atoms with van der Waals surface area (Å²) in [6.45, 7) is 6.20. The maximum atomic E-state index is 5.82. The zero-order valence-electron chi connectivity index (χ0n) is 8.81. The van der Waals surface area contributed by atoms with E-state index in [1.54, 1.807) is 0 Å². The Balaban J connectivity index is 0.000000671. The predicted molar refractivity (Wildman–Crippen MR) is 61.4 cm³/mol. The summed E-state index contributed by atoms with van der Waals surface area (Å²) in [6.07, 6.45) is 3.64. The van der Waals surface area contributed by atoms with Gasteiger partial charge in [-0.1, -0.05) is 50.9 Å². The number of hydrogen-bond acceptors (Lipinski definition) is 0. The van der Waals surface area contributed by atoms with Crippen LogP contribution in [-0.2, 0) is 6.42 Å². The van der Waals surface area contributed by atoms with Crippen molar-refractivity contribution < 1.29 is 0 Å². The van der Waals surface area contributed by atoms with Crippen molar-refractivity contribution in [1.82, 2.24) is 0 Å². The molecule has 74 valence electrons. The van der Waals surface area contributed by atoms with Crippen LogP contribution in [0.3, 0.4) is 0 Å². The molecule has 0 aliphatic carbocycles. The Morgan fingerprint density at radius 3 is 2.46 bits per heavy atom. The maximum Gasteiger partial charge on any atom is 0.0408 e. The van der Waals surface area contributed by atoms with Gasteiger partial charge in [-0.05, 0) is 30.5 Å². The van der Waals surface area contributed by atoms with Gasteiger partial charge in [0.25, 0.3) is 0 Å². The summed E-state index contributed by atoms with van der Waals surface area (Å²) in [6, 6.07) is 8.09. The first kappa shape index (κ1) is 12.5. The molecular weight excluding hydrogens is 180 g/mol. The fourth-order valence-corrected chi connectivity index (χ4v) is 1.29. The van der Waals surface area contributed by atoms with Crippen molar-refractivity contribution in [2.24, 2.45) is 0 Å². The van der Waals surface area contributed by atoms with E-state index in [1.165, 1.54) is 18.4 Å². The van der Waals surface area contributed by atoms with Crippen LogP contribution in [0.2, 0.25) is 5.02 Å². The number of rotatable bonds is 3. The second kappa shape index (κ2) is 8.12. The van der Waals surface area contributed by atoms with E-state index in [0.717, 1.165) is 11.4 Å². The predicted octanol–water partition coefficient (Wildman–Crippen LogP) is 4.71. The second-order valence-electron chi connectivity index (χ2n) is 2.73. The minimum Gasteiger partial charge on any atom is -0.0843 e. The molecule has 0 bridgehead atoms. The van der Waals surface area contributed by atoms with Crippen LogP contribution in [0.1, 0.15) is 39.2 Å². The largest absolute Gasteiger partial charge is 0.0843 e. The summed E-state index contributed by atoms with van der Waals surface area (Å²) < 4.78 is 0. The SMILES string of the molecule is CC.CCCCc1cccc(Cl)c1. The van der Waals surface area contributed by atoms with E-state index in [9.17, 15) is 0 Å². The van der Waals surface area contributed by atoms with E-state index >= 15 is 0 Å². The number of halogens is 1.